The monoisotopic (exact) mass is 776 g/mol. The van der Waals surface area contributed by atoms with E-state index in [1.54, 1.807) is 31.2 Å². The number of ether oxygens (including phenoxy) is 2. The Morgan fingerprint density at radius 1 is 1.11 bits per heavy atom. The first-order valence-corrected chi connectivity index (χ1v) is 18.7. The zero-order valence-electron chi connectivity index (χ0n) is 29.6. The second-order valence-electron chi connectivity index (χ2n) is 13.5. The van der Waals surface area contributed by atoms with Crippen LogP contribution in [0.4, 0.5) is 22.0 Å². The first-order chi connectivity index (χ1) is 25.8. The molecule has 2 aliphatic heterocycles. The lowest BCUT2D eigenvalue weighted by Gasteiger charge is -2.51. The van der Waals surface area contributed by atoms with Crippen LogP contribution in [0.5, 0.6) is 11.5 Å². The second-order valence-corrected chi connectivity index (χ2v) is 14.4. The molecule has 2 saturated heterocycles. The van der Waals surface area contributed by atoms with Gasteiger partial charge in [0.1, 0.15) is 16.4 Å². The molecule has 2 atom stereocenters. The summed E-state index contributed by atoms with van der Waals surface area (Å²) in [5, 5.41) is 20.7. The number of piperidine rings is 2. The fraction of sp³-hybridized carbons (Fsp3) is 0.500. The SMILES string of the molecule is CCCC1N(C(=O)c2cnccc2C(F)F)CCCC1(Oc1csc(C(F)(F)F)c1)C(=O)N1CCC(C#N)(c2ccccc2OCCCCC(=O)O)CC1. The molecule has 1 aromatic carbocycles. The lowest BCUT2D eigenvalue weighted by Crippen LogP contribution is -2.68. The van der Waals surface area contributed by atoms with Crippen molar-refractivity contribution in [2.75, 3.05) is 26.2 Å². The third kappa shape index (κ3) is 8.61. The highest BCUT2D eigenvalue weighted by atomic mass is 32.1. The van der Waals surface area contributed by atoms with Gasteiger partial charge in [-0.3, -0.25) is 19.4 Å². The normalized spacial score (nSPS) is 20.0. The van der Waals surface area contributed by atoms with E-state index in [1.165, 1.54) is 9.80 Å². The number of rotatable bonds is 14. The summed E-state index contributed by atoms with van der Waals surface area (Å²) in [6.45, 7) is 2.25. The van der Waals surface area contributed by atoms with Crippen LogP contribution in [0.1, 0.15) is 97.5 Å². The van der Waals surface area contributed by atoms with E-state index in [1.807, 2.05) is 0 Å². The van der Waals surface area contributed by atoms with E-state index in [9.17, 15) is 41.6 Å². The number of hydrogen-bond donors (Lipinski definition) is 1. The molecule has 0 bridgehead atoms. The molecule has 2 unspecified atom stereocenters. The molecule has 0 spiro atoms. The number of benzene rings is 1. The van der Waals surface area contributed by atoms with Crippen LogP contribution in [0.15, 0.2) is 54.2 Å². The van der Waals surface area contributed by atoms with Crippen molar-refractivity contribution in [1.82, 2.24) is 14.8 Å². The largest absolute Gasteiger partial charge is 0.493 e. The summed E-state index contributed by atoms with van der Waals surface area (Å²) in [7, 11) is 0. The van der Waals surface area contributed by atoms with Crippen molar-refractivity contribution in [3.8, 4) is 17.6 Å². The smallest absolute Gasteiger partial charge is 0.425 e. The van der Waals surface area contributed by atoms with Gasteiger partial charge >= 0.3 is 12.1 Å². The number of thiophene rings is 1. The van der Waals surface area contributed by atoms with E-state index >= 15 is 0 Å². The Hall–Kier alpha value is -4.78. The van der Waals surface area contributed by atoms with Gasteiger partial charge in [-0.15, -0.1) is 11.3 Å². The minimum atomic E-state index is -4.67. The molecule has 0 saturated carbocycles. The minimum absolute atomic E-state index is 0.00332. The average Bonchev–Trinajstić information content (AvgIpc) is 3.64. The molecule has 16 heteroatoms. The summed E-state index contributed by atoms with van der Waals surface area (Å²) in [5.74, 6) is -2.01. The summed E-state index contributed by atoms with van der Waals surface area (Å²) in [6, 6.07) is 10.3. The Balaban J connectivity index is 1.47. The number of nitriles is 1. The van der Waals surface area contributed by atoms with Gasteiger partial charge in [-0.1, -0.05) is 31.5 Å². The van der Waals surface area contributed by atoms with Crippen molar-refractivity contribution in [1.29, 1.82) is 5.26 Å². The van der Waals surface area contributed by atoms with Crippen molar-refractivity contribution < 1.29 is 50.9 Å². The van der Waals surface area contributed by atoms with E-state index in [0.29, 0.717) is 41.9 Å². The number of aromatic nitrogens is 1. The number of likely N-dealkylation sites (tertiary alicyclic amines) is 2. The molecule has 2 aromatic heterocycles. The molecule has 2 amide bonds. The Bertz CT molecular complexity index is 1840. The maximum absolute atomic E-state index is 15.0. The minimum Gasteiger partial charge on any atom is -0.493 e. The highest BCUT2D eigenvalue weighted by Crippen LogP contribution is 2.45. The summed E-state index contributed by atoms with van der Waals surface area (Å²) in [4.78, 5) is 45.7. The number of aliphatic carboxylic acids is 1. The number of alkyl halides is 5. The van der Waals surface area contributed by atoms with Gasteiger partial charge in [0, 0.05) is 67.4 Å². The quantitative estimate of drug-likeness (QED) is 0.129. The third-order valence-corrected chi connectivity index (χ3v) is 11.0. The predicted molar refractivity (Wildman–Crippen MR) is 187 cm³/mol. The van der Waals surface area contributed by atoms with Crippen LogP contribution in [-0.4, -0.2) is 75.6 Å². The van der Waals surface area contributed by atoms with Crippen molar-refractivity contribution >= 4 is 29.1 Å². The van der Waals surface area contributed by atoms with Gasteiger partial charge in [0.2, 0.25) is 5.60 Å². The number of pyridine rings is 1. The Kier molecular flexibility index (Phi) is 12.8. The maximum atomic E-state index is 15.0. The molecule has 0 aliphatic carbocycles. The van der Waals surface area contributed by atoms with Gasteiger partial charge < -0.3 is 24.4 Å². The first-order valence-electron chi connectivity index (χ1n) is 17.8. The van der Waals surface area contributed by atoms with E-state index in [-0.39, 0.29) is 76.1 Å². The molecule has 54 heavy (non-hydrogen) atoms. The number of carbonyl (C=O) groups excluding carboxylic acids is 2. The van der Waals surface area contributed by atoms with Gasteiger partial charge in [0.05, 0.1) is 29.7 Å². The molecule has 290 valence electrons. The zero-order chi connectivity index (χ0) is 39.1. The maximum Gasteiger partial charge on any atom is 0.425 e. The van der Waals surface area contributed by atoms with Crippen molar-refractivity contribution in [3.05, 3.63) is 75.7 Å². The highest BCUT2D eigenvalue weighted by molar-refractivity contribution is 7.10. The molecule has 2 aliphatic rings. The van der Waals surface area contributed by atoms with E-state index in [4.69, 9.17) is 14.6 Å². The number of halogens is 5. The molecular weight excluding hydrogens is 735 g/mol. The summed E-state index contributed by atoms with van der Waals surface area (Å²) >= 11 is 0.405. The Labute approximate surface area is 313 Å². The van der Waals surface area contributed by atoms with Gasteiger partial charge in [-0.05, 0) is 50.7 Å². The van der Waals surface area contributed by atoms with Crippen LogP contribution in [0.2, 0.25) is 0 Å². The molecule has 5 rings (SSSR count). The topological polar surface area (TPSA) is 133 Å². The Morgan fingerprint density at radius 2 is 1.85 bits per heavy atom. The lowest BCUT2D eigenvalue weighted by atomic mass is 9.72. The fourth-order valence-corrected chi connectivity index (χ4v) is 8.09. The Morgan fingerprint density at radius 3 is 2.50 bits per heavy atom. The fourth-order valence-electron chi connectivity index (χ4n) is 7.41. The van der Waals surface area contributed by atoms with Gasteiger partial charge in [0.25, 0.3) is 18.2 Å². The second kappa shape index (κ2) is 17.1. The number of hydrogen-bond acceptors (Lipinski definition) is 8. The molecule has 1 N–H and O–H groups in total. The van der Waals surface area contributed by atoms with Crippen LogP contribution in [0.25, 0.3) is 0 Å². The molecule has 2 fully saturated rings. The number of carbonyl (C=O) groups is 3. The van der Waals surface area contributed by atoms with E-state index in [0.717, 1.165) is 29.9 Å². The molecule has 4 heterocycles. The standard InChI is InChI=1S/C38H41F5N4O6S/c1-2-8-30-37(53-25-21-31(54-23-25)38(41,42)43,13-7-17-47(30)34(50)27-22-45-16-12-26(27)33(39)40)35(51)46-18-14-36(24-44,15-19-46)28-9-3-4-10-29(28)52-20-6-5-11-32(48)49/h3-4,9-10,12,16,21-23,30,33H,2,5-8,11,13-15,17-20H2,1H3,(H,48,49). The molecule has 0 radical (unpaired) electrons. The van der Waals surface area contributed by atoms with Crippen LogP contribution < -0.4 is 9.47 Å². The first kappa shape index (κ1) is 40.4. The number of nitrogens with zero attached hydrogens (tertiary/aromatic N) is 4. The van der Waals surface area contributed by atoms with Gasteiger partial charge in [0.15, 0.2) is 0 Å². The zero-order valence-corrected chi connectivity index (χ0v) is 30.4. The van der Waals surface area contributed by atoms with Gasteiger partial charge in [-0.2, -0.15) is 18.4 Å². The number of carboxylic acids is 1. The number of carboxylic acid groups (broad SMARTS) is 1. The van der Waals surface area contributed by atoms with Gasteiger partial charge in [-0.25, -0.2) is 8.78 Å². The van der Waals surface area contributed by atoms with E-state index < -0.39 is 57.9 Å². The molecule has 10 nitrogen and oxygen atoms in total. The molecule has 3 aromatic rings. The summed E-state index contributed by atoms with van der Waals surface area (Å²) in [5.41, 5.74) is -3.21. The van der Waals surface area contributed by atoms with Crippen molar-refractivity contribution in [2.24, 2.45) is 0 Å². The highest BCUT2D eigenvalue weighted by Gasteiger charge is 2.56. The van der Waals surface area contributed by atoms with Crippen molar-refractivity contribution in [3.63, 3.8) is 0 Å². The predicted octanol–water partition coefficient (Wildman–Crippen LogP) is 8.04. The number of para-hydroxylation sites is 1. The van der Waals surface area contributed by atoms with Crippen LogP contribution >= 0.6 is 11.3 Å². The summed E-state index contributed by atoms with van der Waals surface area (Å²) in [6.07, 6.45) is -3.39. The van der Waals surface area contributed by atoms with Crippen LogP contribution in [0.3, 0.4) is 0 Å². The third-order valence-electron chi connectivity index (χ3n) is 10.1. The van der Waals surface area contributed by atoms with Crippen LogP contribution in [0, 0.1) is 11.3 Å². The number of unbranched alkanes of at least 4 members (excludes halogenated alkanes) is 1. The average molecular weight is 777 g/mol. The van der Waals surface area contributed by atoms with Crippen LogP contribution in [-0.2, 0) is 21.2 Å². The van der Waals surface area contributed by atoms with Crippen molar-refractivity contribution in [2.45, 2.75) is 94.4 Å². The molecular formula is C38H41F5N4O6S. The van der Waals surface area contributed by atoms with E-state index in [2.05, 4.69) is 11.1 Å². The summed E-state index contributed by atoms with van der Waals surface area (Å²) < 4.78 is 81.6. The lowest BCUT2D eigenvalue weighted by molar-refractivity contribution is -0.160. The number of amides is 2.